The van der Waals surface area contributed by atoms with Gasteiger partial charge in [-0.2, -0.15) is 0 Å². The highest BCUT2D eigenvalue weighted by Crippen LogP contribution is 2.41. The highest BCUT2D eigenvalue weighted by atomic mass is 127. The van der Waals surface area contributed by atoms with E-state index in [2.05, 4.69) is 22.6 Å². The van der Waals surface area contributed by atoms with E-state index in [-0.39, 0.29) is 5.38 Å². The number of ether oxygens (including phenoxy) is 2. The van der Waals surface area contributed by atoms with Crippen molar-refractivity contribution in [2.24, 2.45) is 0 Å². The predicted molar refractivity (Wildman–Crippen MR) is 93.9 cm³/mol. The van der Waals surface area contributed by atoms with E-state index >= 15 is 0 Å². The van der Waals surface area contributed by atoms with Crippen molar-refractivity contribution in [2.75, 3.05) is 13.2 Å². The maximum atomic E-state index is 6.59. The SMILES string of the molecule is Clc1cc2c(cc1C(Cl)c1ccc(I)cc1)OCCCO2. The first-order valence-electron chi connectivity index (χ1n) is 6.64. The first-order chi connectivity index (χ1) is 10.1. The first kappa shape index (κ1) is 15.3. The van der Waals surface area contributed by atoms with Crippen LogP contribution in [0, 0.1) is 3.57 Å². The third-order valence-electron chi connectivity index (χ3n) is 3.30. The number of rotatable bonds is 2. The fourth-order valence-corrected chi connectivity index (χ4v) is 3.21. The maximum absolute atomic E-state index is 6.59. The van der Waals surface area contributed by atoms with Crippen molar-refractivity contribution < 1.29 is 9.47 Å². The van der Waals surface area contributed by atoms with E-state index in [4.69, 9.17) is 32.7 Å². The second kappa shape index (κ2) is 6.63. The average Bonchev–Trinajstić information content (AvgIpc) is 2.71. The van der Waals surface area contributed by atoms with Gasteiger partial charge in [-0.1, -0.05) is 23.7 Å². The number of alkyl halides is 1. The molecule has 1 atom stereocenters. The van der Waals surface area contributed by atoms with Crippen LogP contribution in [0.1, 0.15) is 22.9 Å². The summed E-state index contributed by atoms with van der Waals surface area (Å²) < 4.78 is 12.5. The molecule has 0 spiro atoms. The standard InChI is InChI=1S/C16H13Cl2IO2/c17-13-9-15-14(20-6-1-7-21-15)8-12(13)16(18)10-2-4-11(19)5-3-10/h2-5,8-9,16H,1,6-7H2. The van der Waals surface area contributed by atoms with Crippen LogP contribution in [0.2, 0.25) is 5.02 Å². The van der Waals surface area contributed by atoms with Gasteiger partial charge in [-0.05, 0) is 51.9 Å². The van der Waals surface area contributed by atoms with Crippen molar-refractivity contribution >= 4 is 45.8 Å². The average molecular weight is 435 g/mol. The summed E-state index contributed by atoms with van der Waals surface area (Å²) in [7, 11) is 0. The Morgan fingerprint density at radius 1 is 1.00 bits per heavy atom. The molecular formula is C16H13Cl2IO2. The lowest BCUT2D eigenvalue weighted by Gasteiger charge is -2.16. The number of hydrogen-bond donors (Lipinski definition) is 0. The van der Waals surface area contributed by atoms with E-state index in [1.165, 1.54) is 3.57 Å². The Morgan fingerprint density at radius 3 is 2.29 bits per heavy atom. The zero-order valence-electron chi connectivity index (χ0n) is 11.1. The first-order valence-corrected chi connectivity index (χ1v) is 8.53. The van der Waals surface area contributed by atoms with Gasteiger partial charge in [0.25, 0.3) is 0 Å². The molecule has 21 heavy (non-hydrogen) atoms. The van der Waals surface area contributed by atoms with Gasteiger partial charge in [0.2, 0.25) is 0 Å². The molecule has 1 aliphatic heterocycles. The monoisotopic (exact) mass is 434 g/mol. The van der Waals surface area contributed by atoms with Crippen molar-refractivity contribution in [3.63, 3.8) is 0 Å². The van der Waals surface area contributed by atoms with Gasteiger partial charge >= 0.3 is 0 Å². The third kappa shape index (κ3) is 3.41. The van der Waals surface area contributed by atoms with Crippen molar-refractivity contribution in [1.82, 2.24) is 0 Å². The molecule has 2 aromatic carbocycles. The van der Waals surface area contributed by atoms with E-state index in [0.717, 1.165) is 17.5 Å². The van der Waals surface area contributed by atoms with Crippen molar-refractivity contribution in [3.05, 3.63) is 56.1 Å². The van der Waals surface area contributed by atoms with Crippen LogP contribution in [-0.2, 0) is 0 Å². The zero-order valence-corrected chi connectivity index (χ0v) is 14.8. The summed E-state index contributed by atoms with van der Waals surface area (Å²) in [6.07, 6.45) is 0.864. The van der Waals surface area contributed by atoms with Crippen LogP contribution in [0.15, 0.2) is 36.4 Å². The van der Waals surface area contributed by atoms with Crippen LogP contribution in [0.3, 0.4) is 0 Å². The smallest absolute Gasteiger partial charge is 0.162 e. The summed E-state index contributed by atoms with van der Waals surface area (Å²) in [5, 5.41) is 0.282. The third-order valence-corrected chi connectivity index (χ3v) is 4.84. The zero-order chi connectivity index (χ0) is 14.8. The summed E-state index contributed by atoms with van der Waals surface area (Å²) >= 11 is 15.2. The predicted octanol–water partition coefficient (Wildman–Crippen LogP) is 5.43. The minimum Gasteiger partial charge on any atom is -0.490 e. The number of halogens is 3. The van der Waals surface area contributed by atoms with Crippen LogP contribution < -0.4 is 9.47 Å². The number of benzene rings is 2. The Bertz CT molecular complexity index is 643. The highest BCUT2D eigenvalue weighted by molar-refractivity contribution is 14.1. The molecule has 110 valence electrons. The normalized spacial score (nSPS) is 15.4. The topological polar surface area (TPSA) is 18.5 Å². The molecule has 1 unspecified atom stereocenters. The van der Waals surface area contributed by atoms with Crippen LogP contribution in [-0.4, -0.2) is 13.2 Å². The molecule has 0 N–H and O–H groups in total. The molecule has 0 amide bonds. The van der Waals surface area contributed by atoms with Crippen LogP contribution in [0.5, 0.6) is 11.5 Å². The van der Waals surface area contributed by atoms with Gasteiger partial charge in [0.15, 0.2) is 11.5 Å². The molecule has 1 heterocycles. The second-order valence-electron chi connectivity index (χ2n) is 4.79. The quantitative estimate of drug-likeness (QED) is 0.463. The molecule has 2 aromatic rings. The van der Waals surface area contributed by atoms with Gasteiger partial charge in [-0.25, -0.2) is 0 Å². The molecule has 0 fully saturated rings. The molecule has 5 heteroatoms. The molecule has 0 saturated heterocycles. The Labute approximate surface area is 147 Å². The molecule has 0 aromatic heterocycles. The second-order valence-corrected chi connectivity index (χ2v) is 6.87. The molecule has 0 saturated carbocycles. The van der Waals surface area contributed by atoms with E-state index < -0.39 is 0 Å². The highest BCUT2D eigenvalue weighted by Gasteiger charge is 2.20. The van der Waals surface area contributed by atoms with Gasteiger partial charge in [0.05, 0.1) is 18.6 Å². The molecule has 1 aliphatic rings. The van der Waals surface area contributed by atoms with Gasteiger partial charge < -0.3 is 9.47 Å². The summed E-state index contributed by atoms with van der Waals surface area (Å²) in [5.41, 5.74) is 1.84. The van der Waals surface area contributed by atoms with Gasteiger partial charge in [-0.15, -0.1) is 11.6 Å². The minimum absolute atomic E-state index is 0.313. The van der Waals surface area contributed by atoms with Crippen molar-refractivity contribution in [3.8, 4) is 11.5 Å². The molecule has 2 nitrogen and oxygen atoms in total. The fraction of sp³-hybridized carbons (Fsp3) is 0.250. The van der Waals surface area contributed by atoms with Crippen molar-refractivity contribution in [1.29, 1.82) is 0 Å². The van der Waals surface area contributed by atoms with Crippen molar-refractivity contribution in [2.45, 2.75) is 11.8 Å². The van der Waals surface area contributed by atoms with Gasteiger partial charge in [0.1, 0.15) is 0 Å². The minimum atomic E-state index is -0.313. The Kier molecular flexibility index (Phi) is 4.82. The van der Waals surface area contributed by atoms with E-state index in [9.17, 15) is 0 Å². The Morgan fingerprint density at radius 2 is 1.62 bits per heavy atom. The molecule has 0 bridgehead atoms. The summed E-state index contributed by atoms with van der Waals surface area (Å²) in [6, 6.07) is 11.8. The Balaban J connectivity index is 1.97. The molecule has 0 radical (unpaired) electrons. The molecule has 3 rings (SSSR count). The van der Waals surface area contributed by atoms with Crippen LogP contribution in [0.4, 0.5) is 0 Å². The lowest BCUT2D eigenvalue weighted by Crippen LogP contribution is -1.98. The van der Waals surface area contributed by atoms with Gasteiger partial charge in [0, 0.05) is 21.1 Å². The summed E-state index contributed by atoms with van der Waals surface area (Å²) in [4.78, 5) is 0. The molecule has 0 aliphatic carbocycles. The van der Waals surface area contributed by atoms with E-state index in [1.54, 1.807) is 6.07 Å². The lowest BCUT2D eigenvalue weighted by molar-refractivity contribution is 0.297. The van der Waals surface area contributed by atoms with Gasteiger partial charge in [-0.3, -0.25) is 0 Å². The number of hydrogen-bond acceptors (Lipinski definition) is 2. The number of fused-ring (bicyclic) bond motifs is 1. The summed E-state index contributed by atoms with van der Waals surface area (Å²) in [5.74, 6) is 1.40. The van der Waals surface area contributed by atoms with E-state index in [1.807, 2.05) is 30.3 Å². The maximum Gasteiger partial charge on any atom is 0.162 e. The summed E-state index contributed by atoms with van der Waals surface area (Å²) in [6.45, 7) is 1.29. The van der Waals surface area contributed by atoms with Crippen LogP contribution >= 0.6 is 45.8 Å². The van der Waals surface area contributed by atoms with E-state index in [0.29, 0.717) is 29.7 Å². The molecular weight excluding hydrogens is 422 g/mol. The Hall–Kier alpha value is -0.650. The van der Waals surface area contributed by atoms with Crippen LogP contribution in [0.25, 0.3) is 0 Å². The largest absolute Gasteiger partial charge is 0.490 e. The lowest BCUT2D eigenvalue weighted by atomic mass is 10.0. The fourth-order valence-electron chi connectivity index (χ4n) is 2.21.